The van der Waals surface area contributed by atoms with Gasteiger partial charge < -0.3 is 15.0 Å². The van der Waals surface area contributed by atoms with Crippen LogP contribution in [0.5, 0.6) is 0 Å². The number of nitrogens with zero attached hydrogens (tertiary/aromatic N) is 1. The van der Waals surface area contributed by atoms with Crippen LogP contribution in [0.1, 0.15) is 42.5 Å². The average Bonchev–Trinajstić information content (AvgIpc) is 2.42. The van der Waals surface area contributed by atoms with E-state index >= 15 is 0 Å². The highest BCUT2D eigenvalue weighted by Gasteiger charge is 2.18. The Kier molecular flexibility index (Phi) is 3.84. The number of rotatable bonds is 3. The van der Waals surface area contributed by atoms with E-state index in [2.05, 4.69) is 5.32 Å². The van der Waals surface area contributed by atoms with Crippen LogP contribution in [0.4, 0.5) is 0 Å². The SMILES string of the molecule is Cc1cc(C(=O)O)c(C)n1CC(=O)NC(C)(C)C. The number of amides is 1. The molecule has 100 valence electrons. The van der Waals surface area contributed by atoms with Gasteiger partial charge in [-0.05, 0) is 40.7 Å². The minimum atomic E-state index is -0.967. The molecule has 0 aliphatic carbocycles. The van der Waals surface area contributed by atoms with Crippen molar-refractivity contribution in [2.24, 2.45) is 0 Å². The smallest absolute Gasteiger partial charge is 0.337 e. The van der Waals surface area contributed by atoms with E-state index in [4.69, 9.17) is 5.11 Å². The highest BCUT2D eigenvalue weighted by atomic mass is 16.4. The van der Waals surface area contributed by atoms with Crippen LogP contribution in [-0.2, 0) is 11.3 Å². The normalized spacial score (nSPS) is 11.4. The molecule has 0 radical (unpaired) electrons. The van der Waals surface area contributed by atoms with Gasteiger partial charge >= 0.3 is 5.97 Å². The molecular formula is C13H20N2O3. The highest BCUT2D eigenvalue weighted by Crippen LogP contribution is 2.15. The summed E-state index contributed by atoms with van der Waals surface area (Å²) in [6, 6.07) is 1.59. The standard InChI is InChI=1S/C13H20N2O3/c1-8-6-10(12(17)18)9(2)15(8)7-11(16)14-13(3,4)5/h6H,7H2,1-5H3,(H,14,16)(H,17,18). The van der Waals surface area contributed by atoms with E-state index in [0.717, 1.165) is 5.69 Å². The lowest BCUT2D eigenvalue weighted by molar-refractivity contribution is -0.123. The molecule has 2 N–H and O–H groups in total. The van der Waals surface area contributed by atoms with E-state index in [1.54, 1.807) is 24.5 Å². The molecule has 0 fully saturated rings. The van der Waals surface area contributed by atoms with E-state index < -0.39 is 5.97 Å². The van der Waals surface area contributed by atoms with Gasteiger partial charge in [0.05, 0.1) is 5.56 Å². The molecule has 1 heterocycles. The van der Waals surface area contributed by atoms with Crippen molar-refractivity contribution < 1.29 is 14.7 Å². The Morgan fingerprint density at radius 2 is 1.89 bits per heavy atom. The minimum Gasteiger partial charge on any atom is -0.478 e. The molecule has 0 saturated carbocycles. The van der Waals surface area contributed by atoms with Crippen molar-refractivity contribution in [1.82, 2.24) is 9.88 Å². The largest absolute Gasteiger partial charge is 0.478 e. The van der Waals surface area contributed by atoms with Gasteiger partial charge in [-0.2, -0.15) is 0 Å². The number of nitrogens with one attached hydrogen (secondary N) is 1. The molecular weight excluding hydrogens is 232 g/mol. The van der Waals surface area contributed by atoms with Gasteiger partial charge in [-0.25, -0.2) is 4.79 Å². The van der Waals surface area contributed by atoms with Gasteiger partial charge in [0.1, 0.15) is 6.54 Å². The molecule has 5 nitrogen and oxygen atoms in total. The Morgan fingerprint density at radius 1 is 1.33 bits per heavy atom. The molecule has 1 aromatic rings. The summed E-state index contributed by atoms with van der Waals surface area (Å²) in [5.41, 5.74) is 1.33. The zero-order chi connectivity index (χ0) is 14.1. The van der Waals surface area contributed by atoms with Gasteiger partial charge in [0.15, 0.2) is 0 Å². The summed E-state index contributed by atoms with van der Waals surface area (Å²) in [4.78, 5) is 22.8. The summed E-state index contributed by atoms with van der Waals surface area (Å²) in [7, 11) is 0. The fourth-order valence-electron chi connectivity index (χ4n) is 1.86. The predicted molar refractivity (Wildman–Crippen MR) is 68.8 cm³/mol. The van der Waals surface area contributed by atoms with Crippen LogP contribution < -0.4 is 5.32 Å². The molecule has 0 aliphatic rings. The molecule has 18 heavy (non-hydrogen) atoms. The maximum atomic E-state index is 11.8. The zero-order valence-corrected chi connectivity index (χ0v) is 11.5. The number of carbonyl (C=O) groups is 2. The average molecular weight is 252 g/mol. The zero-order valence-electron chi connectivity index (χ0n) is 11.5. The summed E-state index contributed by atoms with van der Waals surface area (Å²) in [6.07, 6.45) is 0. The van der Waals surface area contributed by atoms with Gasteiger partial charge in [0, 0.05) is 16.9 Å². The minimum absolute atomic E-state index is 0.124. The Morgan fingerprint density at radius 3 is 2.28 bits per heavy atom. The van der Waals surface area contributed by atoms with Crippen molar-refractivity contribution in [3.05, 3.63) is 23.0 Å². The molecule has 1 aromatic heterocycles. The quantitative estimate of drug-likeness (QED) is 0.860. The Hall–Kier alpha value is -1.78. The molecule has 0 unspecified atom stereocenters. The van der Waals surface area contributed by atoms with Crippen molar-refractivity contribution in [2.75, 3.05) is 0 Å². The number of aryl methyl sites for hydroxylation is 1. The first kappa shape index (κ1) is 14.3. The molecule has 0 aromatic carbocycles. The van der Waals surface area contributed by atoms with Crippen molar-refractivity contribution in [3.8, 4) is 0 Å². The Labute approximate surface area is 107 Å². The second-order valence-corrected chi connectivity index (χ2v) is 5.47. The van der Waals surface area contributed by atoms with Gasteiger partial charge in [-0.15, -0.1) is 0 Å². The van der Waals surface area contributed by atoms with Crippen LogP contribution in [0.2, 0.25) is 0 Å². The van der Waals surface area contributed by atoms with Crippen LogP contribution in [0.15, 0.2) is 6.07 Å². The number of hydrogen-bond acceptors (Lipinski definition) is 2. The Balaban J connectivity index is 2.92. The lowest BCUT2D eigenvalue weighted by Crippen LogP contribution is -2.42. The van der Waals surface area contributed by atoms with Crippen molar-refractivity contribution >= 4 is 11.9 Å². The fourth-order valence-corrected chi connectivity index (χ4v) is 1.86. The fraction of sp³-hybridized carbons (Fsp3) is 0.538. The summed E-state index contributed by atoms with van der Waals surface area (Å²) in [6.45, 7) is 9.36. The molecule has 0 atom stereocenters. The molecule has 1 amide bonds. The summed E-state index contributed by atoms with van der Waals surface area (Å²) in [5.74, 6) is -1.09. The van der Waals surface area contributed by atoms with Gasteiger partial charge in [-0.1, -0.05) is 0 Å². The van der Waals surface area contributed by atoms with E-state index in [1.807, 2.05) is 20.8 Å². The van der Waals surface area contributed by atoms with E-state index in [-0.39, 0.29) is 23.6 Å². The molecule has 0 saturated heterocycles. The first-order chi connectivity index (χ1) is 8.11. The maximum absolute atomic E-state index is 11.8. The van der Waals surface area contributed by atoms with E-state index in [0.29, 0.717) is 5.69 Å². The molecule has 5 heteroatoms. The highest BCUT2D eigenvalue weighted by molar-refractivity contribution is 5.89. The number of carboxylic acid groups (broad SMARTS) is 1. The second-order valence-electron chi connectivity index (χ2n) is 5.47. The van der Waals surface area contributed by atoms with Crippen LogP contribution in [-0.4, -0.2) is 27.1 Å². The summed E-state index contributed by atoms with van der Waals surface area (Å²) in [5, 5.41) is 11.9. The molecule has 0 bridgehead atoms. The summed E-state index contributed by atoms with van der Waals surface area (Å²) < 4.78 is 1.71. The monoisotopic (exact) mass is 252 g/mol. The van der Waals surface area contributed by atoms with Gasteiger partial charge in [0.2, 0.25) is 5.91 Å². The predicted octanol–water partition coefficient (Wildman–Crippen LogP) is 1.72. The third-order valence-corrected chi connectivity index (χ3v) is 2.62. The van der Waals surface area contributed by atoms with Crippen LogP contribution >= 0.6 is 0 Å². The number of aromatic nitrogens is 1. The maximum Gasteiger partial charge on any atom is 0.337 e. The summed E-state index contributed by atoms with van der Waals surface area (Å²) >= 11 is 0. The van der Waals surface area contributed by atoms with Crippen molar-refractivity contribution in [2.45, 2.75) is 46.7 Å². The van der Waals surface area contributed by atoms with Crippen LogP contribution in [0, 0.1) is 13.8 Å². The lowest BCUT2D eigenvalue weighted by atomic mass is 10.1. The van der Waals surface area contributed by atoms with Gasteiger partial charge in [-0.3, -0.25) is 4.79 Å². The number of carboxylic acids is 1. The van der Waals surface area contributed by atoms with Crippen LogP contribution in [0.25, 0.3) is 0 Å². The third-order valence-electron chi connectivity index (χ3n) is 2.62. The number of hydrogen-bond donors (Lipinski definition) is 2. The number of carbonyl (C=O) groups excluding carboxylic acids is 1. The Bertz CT molecular complexity index is 481. The molecule has 1 rings (SSSR count). The lowest BCUT2D eigenvalue weighted by Gasteiger charge is -2.21. The number of aromatic carboxylic acids is 1. The van der Waals surface area contributed by atoms with Gasteiger partial charge in [0.25, 0.3) is 0 Å². The first-order valence-electron chi connectivity index (χ1n) is 5.83. The molecule has 0 spiro atoms. The van der Waals surface area contributed by atoms with E-state index in [1.165, 1.54) is 0 Å². The molecule has 0 aliphatic heterocycles. The van der Waals surface area contributed by atoms with Crippen molar-refractivity contribution in [3.63, 3.8) is 0 Å². The topological polar surface area (TPSA) is 71.3 Å². The van der Waals surface area contributed by atoms with Crippen LogP contribution in [0.3, 0.4) is 0 Å². The second kappa shape index (κ2) is 4.84. The first-order valence-corrected chi connectivity index (χ1v) is 5.83. The van der Waals surface area contributed by atoms with Crippen molar-refractivity contribution in [1.29, 1.82) is 0 Å². The van der Waals surface area contributed by atoms with E-state index in [9.17, 15) is 9.59 Å². The third kappa shape index (κ3) is 3.35.